The lowest BCUT2D eigenvalue weighted by Gasteiger charge is -2.36. The molecule has 4 heteroatoms. The highest BCUT2D eigenvalue weighted by atomic mass is 16.2. The first-order chi connectivity index (χ1) is 12.2. The van der Waals surface area contributed by atoms with Gasteiger partial charge in [-0.1, -0.05) is 36.4 Å². The molecular formula is C21H21N3O. The fourth-order valence-electron chi connectivity index (χ4n) is 4.22. The minimum atomic E-state index is -0.477. The third-order valence-corrected chi connectivity index (χ3v) is 5.52. The molecule has 2 aromatic rings. The Hall–Kier alpha value is -2.64. The summed E-state index contributed by atoms with van der Waals surface area (Å²) in [6.07, 6.45) is 2.66. The van der Waals surface area contributed by atoms with Crippen LogP contribution >= 0.6 is 0 Å². The van der Waals surface area contributed by atoms with Gasteiger partial charge in [-0.3, -0.25) is 9.69 Å². The molecule has 2 aliphatic rings. The number of rotatable bonds is 2. The van der Waals surface area contributed by atoms with Crippen LogP contribution in [0, 0.1) is 11.3 Å². The predicted octanol–water partition coefficient (Wildman–Crippen LogP) is 2.77. The van der Waals surface area contributed by atoms with Crippen molar-refractivity contribution in [1.82, 2.24) is 10.2 Å². The molecule has 0 saturated carbocycles. The van der Waals surface area contributed by atoms with Crippen LogP contribution in [-0.4, -0.2) is 22.9 Å². The number of benzene rings is 2. The average molecular weight is 331 g/mol. The van der Waals surface area contributed by atoms with Crippen molar-refractivity contribution < 1.29 is 4.79 Å². The van der Waals surface area contributed by atoms with Gasteiger partial charge in [0, 0.05) is 19.5 Å². The minimum absolute atomic E-state index is 0.137. The Bertz CT molecular complexity index is 854. The molecule has 1 fully saturated rings. The van der Waals surface area contributed by atoms with Crippen LogP contribution in [0.4, 0.5) is 0 Å². The Morgan fingerprint density at radius 1 is 1.16 bits per heavy atom. The van der Waals surface area contributed by atoms with Crippen LogP contribution in [-0.2, 0) is 24.3 Å². The number of nitrogens with zero attached hydrogens (tertiary/aromatic N) is 2. The smallest absolute Gasteiger partial charge is 0.241 e. The summed E-state index contributed by atoms with van der Waals surface area (Å²) in [6, 6.07) is 18.2. The highest BCUT2D eigenvalue weighted by Gasteiger charge is 2.48. The molecule has 0 aliphatic carbocycles. The molecular weight excluding hydrogens is 310 g/mol. The number of hydrogen-bond acceptors (Lipinski definition) is 3. The Labute approximate surface area is 148 Å². The number of amides is 1. The highest BCUT2D eigenvalue weighted by molar-refractivity contribution is 5.87. The summed E-state index contributed by atoms with van der Waals surface area (Å²) in [5, 5.41) is 12.3. The molecule has 1 unspecified atom stereocenters. The molecule has 126 valence electrons. The second-order valence-electron chi connectivity index (χ2n) is 7.00. The number of likely N-dealkylation sites (tertiary alicyclic amines) is 1. The Morgan fingerprint density at radius 3 is 2.84 bits per heavy atom. The largest absolute Gasteiger partial charge is 0.350 e. The molecule has 0 bridgehead atoms. The third-order valence-electron chi connectivity index (χ3n) is 5.52. The van der Waals surface area contributed by atoms with Crippen molar-refractivity contribution in [3.63, 3.8) is 0 Å². The molecule has 4 rings (SSSR count). The first-order valence-electron chi connectivity index (χ1n) is 8.80. The standard InChI is InChI=1S/C21H21N3O/c22-13-16-5-3-6-17(11-16)15-24-10-4-9-21(24)12-18-7-1-2-8-19(18)14-23-20(21)25/h1-3,5-8,11H,4,9-10,12,14-15H2,(H,23,25). The van der Waals surface area contributed by atoms with Crippen LogP contribution < -0.4 is 5.32 Å². The van der Waals surface area contributed by atoms with E-state index in [0.29, 0.717) is 18.7 Å². The number of nitrogens with one attached hydrogen (secondary N) is 1. The summed E-state index contributed by atoms with van der Waals surface area (Å²) in [5.41, 5.74) is 3.76. The van der Waals surface area contributed by atoms with Crippen LogP contribution in [0.1, 0.15) is 35.1 Å². The van der Waals surface area contributed by atoms with Gasteiger partial charge in [-0.25, -0.2) is 0 Å². The van der Waals surface area contributed by atoms with Crippen molar-refractivity contribution in [2.45, 2.75) is 37.9 Å². The summed E-state index contributed by atoms with van der Waals surface area (Å²) in [6.45, 7) is 2.21. The van der Waals surface area contributed by atoms with E-state index in [9.17, 15) is 4.79 Å². The molecule has 0 aromatic heterocycles. The summed E-state index contributed by atoms with van der Waals surface area (Å²) in [4.78, 5) is 15.3. The number of hydrogen-bond donors (Lipinski definition) is 1. The van der Waals surface area contributed by atoms with Crippen molar-refractivity contribution in [1.29, 1.82) is 5.26 Å². The normalized spacial score (nSPS) is 22.9. The van der Waals surface area contributed by atoms with E-state index in [4.69, 9.17) is 5.26 Å². The first kappa shape index (κ1) is 15.9. The van der Waals surface area contributed by atoms with Crippen LogP contribution in [0.25, 0.3) is 0 Å². The van der Waals surface area contributed by atoms with Gasteiger partial charge >= 0.3 is 0 Å². The van der Waals surface area contributed by atoms with Gasteiger partial charge in [-0.05, 0) is 48.2 Å². The summed E-state index contributed by atoms with van der Waals surface area (Å²) in [7, 11) is 0. The lowest BCUT2D eigenvalue weighted by molar-refractivity contribution is -0.132. The maximum atomic E-state index is 13.0. The quantitative estimate of drug-likeness (QED) is 0.920. The van der Waals surface area contributed by atoms with E-state index in [1.807, 2.05) is 30.3 Å². The summed E-state index contributed by atoms with van der Waals surface area (Å²) in [5.74, 6) is 0.137. The monoisotopic (exact) mass is 331 g/mol. The molecule has 25 heavy (non-hydrogen) atoms. The van der Waals surface area contributed by atoms with Crippen molar-refractivity contribution in [3.8, 4) is 6.07 Å². The number of nitriles is 1. The topological polar surface area (TPSA) is 56.1 Å². The van der Waals surface area contributed by atoms with Crippen LogP contribution in [0.3, 0.4) is 0 Å². The zero-order valence-corrected chi connectivity index (χ0v) is 14.2. The fraction of sp³-hybridized carbons (Fsp3) is 0.333. The molecule has 1 amide bonds. The summed E-state index contributed by atoms with van der Waals surface area (Å²) >= 11 is 0. The number of carbonyl (C=O) groups excluding carboxylic acids is 1. The predicted molar refractivity (Wildman–Crippen MR) is 95.5 cm³/mol. The molecule has 0 radical (unpaired) electrons. The van der Waals surface area contributed by atoms with Crippen molar-refractivity contribution in [3.05, 3.63) is 70.8 Å². The van der Waals surface area contributed by atoms with E-state index in [1.54, 1.807) is 0 Å². The van der Waals surface area contributed by atoms with E-state index in [2.05, 4.69) is 34.5 Å². The average Bonchev–Trinajstić information content (AvgIpc) is 2.97. The minimum Gasteiger partial charge on any atom is -0.350 e. The number of fused-ring (bicyclic) bond motifs is 1. The molecule has 2 heterocycles. The van der Waals surface area contributed by atoms with Gasteiger partial charge in [0.2, 0.25) is 5.91 Å². The van der Waals surface area contributed by atoms with E-state index in [1.165, 1.54) is 11.1 Å². The maximum absolute atomic E-state index is 13.0. The van der Waals surface area contributed by atoms with Crippen LogP contribution in [0.15, 0.2) is 48.5 Å². The first-order valence-corrected chi connectivity index (χ1v) is 8.80. The van der Waals surface area contributed by atoms with E-state index in [0.717, 1.165) is 31.4 Å². The molecule has 1 spiro atoms. The van der Waals surface area contributed by atoms with Gasteiger partial charge in [0.05, 0.1) is 11.6 Å². The molecule has 1 atom stereocenters. The molecule has 1 N–H and O–H groups in total. The Morgan fingerprint density at radius 2 is 2.00 bits per heavy atom. The Kier molecular flexibility index (Phi) is 4.03. The highest BCUT2D eigenvalue weighted by Crippen LogP contribution is 2.36. The molecule has 2 aliphatic heterocycles. The maximum Gasteiger partial charge on any atom is 0.241 e. The van der Waals surface area contributed by atoms with Crippen molar-refractivity contribution in [2.75, 3.05) is 6.54 Å². The van der Waals surface area contributed by atoms with Gasteiger partial charge in [0.25, 0.3) is 0 Å². The van der Waals surface area contributed by atoms with E-state index in [-0.39, 0.29) is 5.91 Å². The lowest BCUT2D eigenvalue weighted by atomic mass is 9.86. The molecule has 1 saturated heterocycles. The second-order valence-corrected chi connectivity index (χ2v) is 7.00. The van der Waals surface area contributed by atoms with Gasteiger partial charge < -0.3 is 5.32 Å². The fourth-order valence-corrected chi connectivity index (χ4v) is 4.22. The van der Waals surface area contributed by atoms with Gasteiger partial charge in [-0.15, -0.1) is 0 Å². The summed E-state index contributed by atoms with van der Waals surface area (Å²) < 4.78 is 0. The van der Waals surface area contributed by atoms with E-state index >= 15 is 0 Å². The zero-order valence-electron chi connectivity index (χ0n) is 14.2. The molecule has 2 aromatic carbocycles. The van der Waals surface area contributed by atoms with Gasteiger partial charge in [-0.2, -0.15) is 5.26 Å². The Balaban J connectivity index is 1.67. The zero-order chi connectivity index (χ0) is 17.3. The number of carbonyl (C=O) groups is 1. The van der Waals surface area contributed by atoms with Crippen molar-refractivity contribution in [2.24, 2.45) is 0 Å². The third kappa shape index (κ3) is 2.81. The lowest BCUT2D eigenvalue weighted by Crippen LogP contribution is -2.55. The van der Waals surface area contributed by atoms with E-state index < -0.39 is 5.54 Å². The SMILES string of the molecule is N#Cc1cccc(CN2CCCC23Cc2ccccc2CNC3=O)c1. The van der Waals surface area contributed by atoms with Gasteiger partial charge in [0.15, 0.2) is 0 Å². The van der Waals surface area contributed by atoms with Crippen molar-refractivity contribution >= 4 is 5.91 Å². The van der Waals surface area contributed by atoms with Crippen LogP contribution in [0.5, 0.6) is 0 Å². The van der Waals surface area contributed by atoms with Gasteiger partial charge in [0.1, 0.15) is 5.54 Å². The molecule has 4 nitrogen and oxygen atoms in total. The second kappa shape index (κ2) is 6.34. The van der Waals surface area contributed by atoms with Crippen LogP contribution in [0.2, 0.25) is 0 Å².